The maximum absolute atomic E-state index is 12.5. The third-order valence-corrected chi connectivity index (χ3v) is 4.92. The summed E-state index contributed by atoms with van der Waals surface area (Å²) < 4.78 is 2.11. The molecule has 4 heteroatoms. The Morgan fingerprint density at radius 1 is 1.07 bits per heavy atom. The molecule has 0 bridgehead atoms. The molecule has 2 aromatic carbocycles. The second-order valence-electron chi connectivity index (χ2n) is 7.63. The molecule has 1 aromatic heterocycles. The molecule has 0 saturated heterocycles. The number of benzene rings is 2. The molecular weight excluding hydrogens is 334 g/mol. The number of hydrogen-bond acceptors (Lipinski definition) is 2. The Hall–Kier alpha value is -2.88. The Morgan fingerprint density at radius 2 is 1.81 bits per heavy atom. The first-order chi connectivity index (χ1) is 12.9. The Balaban J connectivity index is 1.57. The maximum Gasteiger partial charge on any atom is 0.221 e. The third-order valence-electron chi connectivity index (χ3n) is 4.92. The number of amides is 1. The SMILES string of the molecule is Cc1nccn1Cc1cccc(CNC(=O)CC(C)(C)c2ccccc2)c1. The number of imidazole rings is 1. The highest BCUT2D eigenvalue weighted by molar-refractivity contribution is 5.77. The van der Waals surface area contributed by atoms with Gasteiger partial charge in [-0.25, -0.2) is 4.98 Å². The van der Waals surface area contributed by atoms with Gasteiger partial charge in [-0.15, -0.1) is 0 Å². The van der Waals surface area contributed by atoms with Gasteiger partial charge < -0.3 is 9.88 Å². The molecule has 0 fully saturated rings. The van der Waals surface area contributed by atoms with Crippen LogP contribution in [0.25, 0.3) is 0 Å². The second kappa shape index (κ2) is 8.21. The molecule has 0 radical (unpaired) electrons. The van der Waals surface area contributed by atoms with Gasteiger partial charge in [-0.2, -0.15) is 0 Å². The molecule has 0 saturated carbocycles. The zero-order valence-corrected chi connectivity index (χ0v) is 16.3. The molecule has 0 aliphatic carbocycles. The molecule has 0 aliphatic heterocycles. The molecule has 0 unspecified atom stereocenters. The van der Waals surface area contributed by atoms with Crippen LogP contribution in [0.4, 0.5) is 0 Å². The lowest BCUT2D eigenvalue weighted by Crippen LogP contribution is -2.30. The fourth-order valence-corrected chi connectivity index (χ4v) is 3.26. The van der Waals surface area contributed by atoms with Crippen LogP contribution in [-0.4, -0.2) is 15.5 Å². The predicted octanol–water partition coefficient (Wildman–Crippen LogP) is 4.22. The van der Waals surface area contributed by atoms with E-state index >= 15 is 0 Å². The molecule has 140 valence electrons. The van der Waals surface area contributed by atoms with E-state index in [1.807, 2.05) is 49.6 Å². The fraction of sp³-hybridized carbons (Fsp3) is 0.304. The van der Waals surface area contributed by atoms with Gasteiger partial charge in [0.1, 0.15) is 5.82 Å². The number of aryl methyl sites for hydroxylation is 1. The van der Waals surface area contributed by atoms with Crippen LogP contribution in [0.2, 0.25) is 0 Å². The molecule has 3 rings (SSSR count). The summed E-state index contributed by atoms with van der Waals surface area (Å²) in [7, 11) is 0. The summed E-state index contributed by atoms with van der Waals surface area (Å²) in [5.41, 5.74) is 3.30. The summed E-state index contributed by atoms with van der Waals surface area (Å²) >= 11 is 0. The van der Waals surface area contributed by atoms with E-state index in [1.54, 1.807) is 0 Å². The zero-order valence-electron chi connectivity index (χ0n) is 16.3. The average molecular weight is 361 g/mol. The lowest BCUT2D eigenvalue weighted by molar-refractivity contribution is -0.122. The highest BCUT2D eigenvalue weighted by atomic mass is 16.1. The van der Waals surface area contributed by atoms with E-state index in [0.717, 1.165) is 17.9 Å². The van der Waals surface area contributed by atoms with Gasteiger partial charge in [0.15, 0.2) is 0 Å². The van der Waals surface area contributed by atoms with Crippen molar-refractivity contribution < 1.29 is 4.79 Å². The summed E-state index contributed by atoms with van der Waals surface area (Å²) in [6.45, 7) is 7.54. The number of rotatable bonds is 7. The molecule has 3 aromatic rings. The summed E-state index contributed by atoms with van der Waals surface area (Å²) in [6, 6.07) is 18.5. The summed E-state index contributed by atoms with van der Waals surface area (Å²) in [4.78, 5) is 16.7. The first kappa shape index (κ1) is 18.9. The number of nitrogens with zero attached hydrogens (tertiary/aromatic N) is 2. The highest BCUT2D eigenvalue weighted by Gasteiger charge is 2.23. The van der Waals surface area contributed by atoms with Crippen LogP contribution in [0.5, 0.6) is 0 Å². The molecule has 4 nitrogen and oxygen atoms in total. The van der Waals surface area contributed by atoms with Gasteiger partial charge in [-0.05, 0) is 29.0 Å². The Labute approximate surface area is 161 Å². The van der Waals surface area contributed by atoms with Crippen molar-refractivity contribution in [2.45, 2.75) is 45.7 Å². The minimum absolute atomic E-state index is 0.0692. The monoisotopic (exact) mass is 361 g/mol. The Bertz CT molecular complexity index is 897. The number of carbonyl (C=O) groups excluding carboxylic acids is 1. The molecular formula is C23H27N3O. The van der Waals surface area contributed by atoms with Crippen molar-refractivity contribution in [2.75, 3.05) is 0 Å². The number of hydrogen-bond donors (Lipinski definition) is 1. The van der Waals surface area contributed by atoms with E-state index in [1.165, 1.54) is 11.1 Å². The number of aromatic nitrogens is 2. The van der Waals surface area contributed by atoms with Crippen molar-refractivity contribution in [2.24, 2.45) is 0 Å². The van der Waals surface area contributed by atoms with E-state index in [4.69, 9.17) is 0 Å². The second-order valence-corrected chi connectivity index (χ2v) is 7.63. The lowest BCUT2D eigenvalue weighted by atomic mass is 9.81. The first-order valence-corrected chi connectivity index (χ1v) is 9.32. The van der Waals surface area contributed by atoms with Crippen molar-refractivity contribution in [1.82, 2.24) is 14.9 Å². The van der Waals surface area contributed by atoms with Crippen LogP contribution in [0.1, 0.15) is 42.8 Å². The number of carbonyl (C=O) groups is 1. The molecule has 1 amide bonds. The fourth-order valence-electron chi connectivity index (χ4n) is 3.26. The van der Waals surface area contributed by atoms with Crippen LogP contribution < -0.4 is 5.32 Å². The van der Waals surface area contributed by atoms with Crippen LogP contribution in [0, 0.1) is 6.92 Å². The predicted molar refractivity (Wildman–Crippen MR) is 108 cm³/mol. The summed E-state index contributed by atoms with van der Waals surface area (Å²) in [5.74, 6) is 1.07. The van der Waals surface area contributed by atoms with Crippen molar-refractivity contribution in [3.05, 3.63) is 89.5 Å². The van der Waals surface area contributed by atoms with E-state index in [2.05, 4.69) is 53.0 Å². The maximum atomic E-state index is 12.5. The van der Waals surface area contributed by atoms with Crippen LogP contribution in [0.3, 0.4) is 0 Å². The van der Waals surface area contributed by atoms with Crippen LogP contribution in [0.15, 0.2) is 67.0 Å². The van der Waals surface area contributed by atoms with Crippen molar-refractivity contribution >= 4 is 5.91 Å². The first-order valence-electron chi connectivity index (χ1n) is 9.32. The number of nitrogens with one attached hydrogen (secondary N) is 1. The third kappa shape index (κ3) is 5.07. The van der Waals surface area contributed by atoms with Gasteiger partial charge in [-0.3, -0.25) is 4.79 Å². The van der Waals surface area contributed by atoms with Crippen molar-refractivity contribution in [1.29, 1.82) is 0 Å². The standard InChI is InChI=1S/C23H27N3O/c1-18-24-12-13-26(18)17-20-9-7-8-19(14-20)16-25-22(27)15-23(2,3)21-10-5-4-6-11-21/h4-14H,15-17H2,1-3H3,(H,25,27). The normalized spacial score (nSPS) is 11.4. The smallest absolute Gasteiger partial charge is 0.221 e. The molecule has 0 atom stereocenters. The minimum atomic E-state index is -0.188. The zero-order chi connectivity index (χ0) is 19.3. The summed E-state index contributed by atoms with van der Waals surface area (Å²) in [6.07, 6.45) is 4.26. The molecule has 1 N–H and O–H groups in total. The van der Waals surface area contributed by atoms with E-state index in [0.29, 0.717) is 13.0 Å². The molecule has 0 spiro atoms. The van der Waals surface area contributed by atoms with Gasteiger partial charge in [0.05, 0.1) is 0 Å². The topological polar surface area (TPSA) is 46.9 Å². The quantitative estimate of drug-likeness (QED) is 0.685. The lowest BCUT2D eigenvalue weighted by Gasteiger charge is -2.24. The Morgan fingerprint density at radius 3 is 2.52 bits per heavy atom. The summed E-state index contributed by atoms with van der Waals surface area (Å²) in [5, 5.41) is 3.06. The average Bonchev–Trinajstić information content (AvgIpc) is 3.05. The molecule has 0 aliphatic rings. The molecule has 1 heterocycles. The van der Waals surface area contributed by atoms with Gasteiger partial charge >= 0.3 is 0 Å². The van der Waals surface area contributed by atoms with Gasteiger partial charge in [0.2, 0.25) is 5.91 Å². The van der Waals surface area contributed by atoms with Crippen LogP contribution >= 0.6 is 0 Å². The van der Waals surface area contributed by atoms with E-state index in [-0.39, 0.29) is 11.3 Å². The van der Waals surface area contributed by atoms with Crippen molar-refractivity contribution in [3.8, 4) is 0 Å². The largest absolute Gasteiger partial charge is 0.352 e. The highest BCUT2D eigenvalue weighted by Crippen LogP contribution is 2.26. The van der Waals surface area contributed by atoms with Gasteiger partial charge in [0, 0.05) is 31.9 Å². The van der Waals surface area contributed by atoms with Gasteiger partial charge in [0.25, 0.3) is 0 Å². The van der Waals surface area contributed by atoms with Crippen LogP contribution in [-0.2, 0) is 23.3 Å². The van der Waals surface area contributed by atoms with E-state index < -0.39 is 0 Å². The minimum Gasteiger partial charge on any atom is -0.352 e. The van der Waals surface area contributed by atoms with Gasteiger partial charge in [-0.1, -0.05) is 68.4 Å². The van der Waals surface area contributed by atoms with Crippen molar-refractivity contribution in [3.63, 3.8) is 0 Å². The Kier molecular flexibility index (Phi) is 5.75. The molecule has 27 heavy (non-hydrogen) atoms. The van der Waals surface area contributed by atoms with E-state index in [9.17, 15) is 4.79 Å².